The van der Waals surface area contributed by atoms with Crippen molar-refractivity contribution in [3.8, 4) is 0 Å². The Morgan fingerprint density at radius 2 is 1.69 bits per heavy atom. The molecule has 2 heterocycles. The molecule has 5 rings (SSSR count). The molecular formula is C39H42N6O3S. The van der Waals surface area contributed by atoms with Crippen molar-refractivity contribution in [3.05, 3.63) is 121 Å². The van der Waals surface area contributed by atoms with Gasteiger partial charge < -0.3 is 15.0 Å². The summed E-state index contributed by atoms with van der Waals surface area (Å²) in [5, 5.41) is 7.03. The maximum Gasteiger partial charge on any atom is 0.412 e. The molecule has 49 heavy (non-hydrogen) atoms. The first-order valence-electron chi connectivity index (χ1n) is 16.2. The van der Waals surface area contributed by atoms with Crippen LogP contribution in [0.1, 0.15) is 75.1 Å². The van der Waals surface area contributed by atoms with Crippen molar-refractivity contribution in [2.75, 3.05) is 17.2 Å². The minimum absolute atomic E-state index is 0.121. The Kier molecular flexibility index (Phi) is 11.0. The van der Waals surface area contributed by atoms with E-state index in [0.29, 0.717) is 34.9 Å². The Balaban J connectivity index is 1.49. The van der Waals surface area contributed by atoms with E-state index in [1.165, 1.54) is 18.1 Å². The van der Waals surface area contributed by atoms with E-state index in [-0.39, 0.29) is 17.9 Å². The predicted molar refractivity (Wildman–Crippen MR) is 198 cm³/mol. The van der Waals surface area contributed by atoms with Crippen molar-refractivity contribution in [1.82, 2.24) is 19.9 Å². The molecule has 0 saturated carbocycles. The smallest absolute Gasteiger partial charge is 0.412 e. The van der Waals surface area contributed by atoms with Crippen molar-refractivity contribution in [1.29, 1.82) is 0 Å². The lowest BCUT2D eigenvalue weighted by Gasteiger charge is -2.29. The molecule has 2 aromatic heterocycles. The van der Waals surface area contributed by atoms with Crippen LogP contribution in [0, 0.1) is 0 Å². The van der Waals surface area contributed by atoms with Crippen molar-refractivity contribution in [3.63, 3.8) is 0 Å². The van der Waals surface area contributed by atoms with Crippen molar-refractivity contribution >= 4 is 52.0 Å². The third kappa shape index (κ3) is 9.03. The molecule has 0 aliphatic heterocycles. The van der Waals surface area contributed by atoms with Gasteiger partial charge in [-0.25, -0.2) is 19.7 Å². The normalized spacial score (nSPS) is 12.0. The lowest BCUT2D eigenvalue weighted by Crippen LogP contribution is -2.33. The Morgan fingerprint density at radius 3 is 2.37 bits per heavy atom. The quantitative estimate of drug-likeness (QED) is 0.133. The minimum Gasteiger partial charge on any atom is -0.444 e. The highest BCUT2D eigenvalue weighted by Gasteiger charge is 2.23. The number of fused-ring (bicyclic) bond motifs is 1. The SMILES string of the molecule is C=CCN(C(=O)c1ccc(Sc2ccc(NC(=O)OC(C)(C)C)cc2)c(Nc2ncnc3nc(C(C)C)ccc23)c1)[C@@H](C)c1ccccc1. The standard InChI is InChI=1S/C39H42N6O3S/c1-8-22-45(26(4)27-12-10-9-11-13-27)37(46)28-14-21-34(49-30-17-15-29(16-18-30)42-38(47)48-39(5,6)7)33(23-28)44-36-31-19-20-32(25(2)3)43-35(31)40-24-41-36/h8-21,23-26H,1,22H2,2-7H3,(H,42,47)(H,40,41,43,44)/t26-/m0/s1. The fourth-order valence-electron chi connectivity index (χ4n) is 5.14. The lowest BCUT2D eigenvalue weighted by molar-refractivity contribution is 0.0635. The van der Waals surface area contributed by atoms with E-state index in [9.17, 15) is 9.59 Å². The highest BCUT2D eigenvalue weighted by molar-refractivity contribution is 7.99. The molecule has 0 spiro atoms. The second-order valence-electron chi connectivity index (χ2n) is 12.9. The fraction of sp³-hybridized carbons (Fsp3) is 0.256. The first-order valence-corrected chi connectivity index (χ1v) is 17.0. The molecule has 10 heteroatoms. The number of carbonyl (C=O) groups is 2. The van der Waals surface area contributed by atoms with Crippen molar-refractivity contribution in [2.45, 2.75) is 68.9 Å². The molecule has 5 aromatic rings. The monoisotopic (exact) mass is 674 g/mol. The Hall–Kier alpha value is -5.22. The largest absolute Gasteiger partial charge is 0.444 e. The number of aromatic nitrogens is 3. The number of pyridine rings is 1. The number of rotatable bonds is 11. The van der Waals surface area contributed by atoms with Gasteiger partial charge in [0.1, 0.15) is 17.7 Å². The zero-order chi connectivity index (χ0) is 35.1. The third-order valence-electron chi connectivity index (χ3n) is 7.65. The van der Waals surface area contributed by atoms with Crippen LogP contribution in [-0.2, 0) is 4.74 Å². The number of hydrogen-bond acceptors (Lipinski definition) is 8. The van der Waals surface area contributed by atoms with Gasteiger partial charge in [-0.1, -0.05) is 62.0 Å². The fourth-order valence-corrected chi connectivity index (χ4v) is 6.03. The van der Waals surface area contributed by atoms with Crippen LogP contribution in [0.3, 0.4) is 0 Å². The number of nitrogens with one attached hydrogen (secondary N) is 2. The topological polar surface area (TPSA) is 109 Å². The maximum absolute atomic E-state index is 14.1. The lowest BCUT2D eigenvalue weighted by atomic mass is 10.1. The van der Waals surface area contributed by atoms with Gasteiger partial charge in [-0.3, -0.25) is 10.1 Å². The van der Waals surface area contributed by atoms with Crippen LogP contribution < -0.4 is 10.6 Å². The van der Waals surface area contributed by atoms with E-state index in [0.717, 1.165) is 26.4 Å². The van der Waals surface area contributed by atoms with Gasteiger partial charge in [-0.15, -0.1) is 6.58 Å². The van der Waals surface area contributed by atoms with Crippen LogP contribution in [-0.4, -0.2) is 44.0 Å². The predicted octanol–water partition coefficient (Wildman–Crippen LogP) is 9.78. The number of ether oxygens (including phenoxy) is 1. The van der Waals surface area contributed by atoms with Gasteiger partial charge in [0.2, 0.25) is 0 Å². The molecule has 2 amide bonds. The molecule has 252 valence electrons. The Labute approximate surface area is 292 Å². The summed E-state index contributed by atoms with van der Waals surface area (Å²) in [4.78, 5) is 43.7. The number of carbonyl (C=O) groups excluding carboxylic acids is 2. The molecule has 0 saturated heterocycles. The van der Waals surface area contributed by atoms with E-state index in [2.05, 4.69) is 41.0 Å². The van der Waals surface area contributed by atoms with E-state index in [1.807, 2.05) is 118 Å². The number of hydrogen-bond donors (Lipinski definition) is 2. The number of nitrogens with zero attached hydrogens (tertiary/aromatic N) is 4. The molecule has 2 N–H and O–H groups in total. The molecule has 1 atom stereocenters. The van der Waals surface area contributed by atoms with Gasteiger partial charge in [-0.05, 0) is 93.8 Å². The van der Waals surface area contributed by atoms with Crippen LogP contribution in [0.15, 0.2) is 114 Å². The Morgan fingerprint density at radius 1 is 0.959 bits per heavy atom. The second-order valence-corrected chi connectivity index (χ2v) is 14.0. The summed E-state index contributed by atoms with van der Waals surface area (Å²) in [6, 6.07) is 26.9. The molecule has 0 bridgehead atoms. The summed E-state index contributed by atoms with van der Waals surface area (Å²) in [6.07, 6.45) is 2.72. The first-order chi connectivity index (χ1) is 23.4. The van der Waals surface area contributed by atoms with Gasteiger partial charge in [0.15, 0.2) is 5.65 Å². The van der Waals surface area contributed by atoms with Gasteiger partial charge in [-0.2, -0.15) is 0 Å². The molecule has 0 fully saturated rings. The molecular weight excluding hydrogens is 633 g/mol. The molecule has 0 aliphatic rings. The summed E-state index contributed by atoms with van der Waals surface area (Å²) in [7, 11) is 0. The molecule has 0 aliphatic carbocycles. The summed E-state index contributed by atoms with van der Waals surface area (Å²) in [6.45, 7) is 16.0. The zero-order valence-corrected chi connectivity index (χ0v) is 29.5. The van der Waals surface area contributed by atoms with E-state index in [1.54, 1.807) is 6.08 Å². The van der Waals surface area contributed by atoms with Crippen LogP contribution in [0.2, 0.25) is 0 Å². The minimum atomic E-state index is -0.596. The van der Waals surface area contributed by atoms with Crippen LogP contribution in [0.4, 0.5) is 22.0 Å². The van der Waals surface area contributed by atoms with E-state index in [4.69, 9.17) is 9.72 Å². The number of anilines is 3. The van der Waals surface area contributed by atoms with Crippen LogP contribution in [0.5, 0.6) is 0 Å². The number of benzene rings is 3. The Bertz CT molecular complexity index is 1940. The third-order valence-corrected chi connectivity index (χ3v) is 8.74. The average Bonchev–Trinajstić information content (AvgIpc) is 3.07. The van der Waals surface area contributed by atoms with E-state index >= 15 is 0 Å². The van der Waals surface area contributed by atoms with Gasteiger partial charge in [0.25, 0.3) is 5.91 Å². The summed E-state index contributed by atoms with van der Waals surface area (Å²) < 4.78 is 5.38. The van der Waals surface area contributed by atoms with Crippen molar-refractivity contribution in [2.24, 2.45) is 0 Å². The van der Waals surface area contributed by atoms with Gasteiger partial charge in [0, 0.05) is 33.3 Å². The molecule has 3 aromatic carbocycles. The highest BCUT2D eigenvalue weighted by atomic mass is 32.2. The maximum atomic E-state index is 14.1. The highest BCUT2D eigenvalue weighted by Crippen LogP contribution is 2.37. The molecule has 9 nitrogen and oxygen atoms in total. The van der Waals surface area contributed by atoms with Crippen LogP contribution in [0.25, 0.3) is 11.0 Å². The molecule has 0 radical (unpaired) electrons. The summed E-state index contributed by atoms with van der Waals surface area (Å²) in [5.74, 6) is 0.713. The van der Waals surface area contributed by atoms with Crippen molar-refractivity contribution < 1.29 is 14.3 Å². The van der Waals surface area contributed by atoms with Gasteiger partial charge in [0.05, 0.1) is 17.1 Å². The second kappa shape index (κ2) is 15.3. The number of amides is 2. The summed E-state index contributed by atoms with van der Waals surface area (Å²) in [5.41, 5.74) is 3.81. The first kappa shape index (κ1) is 35.1. The summed E-state index contributed by atoms with van der Waals surface area (Å²) >= 11 is 1.52. The van der Waals surface area contributed by atoms with Gasteiger partial charge >= 0.3 is 6.09 Å². The molecule has 0 unspecified atom stereocenters. The average molecular weight is 675 g/mol. The van der Waals surface area contributed by atoms with Crippen LogP contribution >= 0.6 is 11.8 Å². The zero-order valence-electron chi connectivity index (χ0n) is 28.7. The van der Waals surface area contributed by atoms with E-state index < -0.39 is 11.7 Å².